The summed E-state index contributed by atoms with van der Waals surface area (Å²) in [5.41, 5.74) is 0. The van der Waals surface area contributed by atoms with Crippen molar-refractivity contribution >= 4 is 11.3 Å². The van der Waals surface area contributed by atoms with Gasteiger partial charge >= 0.3 is 0 Å². The number of thiazole rings is 1. The molecule has 1 aromatic rings. The van der Waals surface area contributed by atoms with E-state index in [-0.39, 0.29) is 6.04 Å². The molecule has 1 rings (SSSR count). The van der Waals surface area contributed by atoms with Crippen LogP contribution in [-0.2, 0) is 0 Å². The molecular formula is C8H11N3S. The maximum Gasteiger partial charge on any atom is 0.109 e. The maximum atomic E-state index is 8.34. The average Bonchev–Trinajstić information content (AvgIpc) is 2.47. The summed E-state index contributed by atoms with van der Waals surface area (Å²) in [7, 11) is 0. The molecule has 0 fully saturated rings. The van der Waals surface area contributed by atoms with Crippen molar-refractivity contribution in [2.24, 2.45) is 0 Å². The number of rotatable bonds is 3. The van der Waals surface area contributed by atoms with Crippen LogP contribution in [0.5, 0.6) is 0 Å². The van der Waals surface area contributed by atoms with Gasteiger partial charge in [-0.3, -0.25) is 5.32 Å². The van der Waals surface area contributed by atoms with Crippen molar-refractivity contribution in [2.75, 3.05) is 6.54 Å². The zero-order valence-electron chi connectivity index (χ0n) is 7.16. The van der Waals surface area contributed by atoms with Crippen LogP contribution in [0.15, 0.2) is 6.20 Å². The van der Waals surface area contributed by atoms with Crippen molar-refractivity contribution in [1.82, 2.24) is 10.3 Å². The molecule has 3 nitrogen and oxygen atoms in total. The van der Waals surface area contributed by atoms with Gasteiger partial charge < -0.3 is 0 Å². The third kappa shape index (κ3) is 2.29. The number of nitrogens with one attached hydrogen (secondary N) is 1. The third-order valence-electron chi connectivity index (χ3n) is 1.50. The van der Waals surface area contributed by atoms with Gasteiger partial charge in [-0.1, -0.05) is 0 Å². The predicted molar refractivity (Wildman–Crippen MR) is 48.9 cm³/mol. The molecule has 0 saturated carbocycles. The molecule has 0 aliphatic rings. The number of hydrogen-bond acceptors (Lipinski definition) is 4. The van der Waals surface area contributed by atoms with Gasteiger partial charge in [-0.25, -0.2) is 4.98 Å². The van der Waals surface area contributed by atoms with E-state index in [0.29, 0.717) is 6.54 Å². The Labute approximate surface area is 76.1 Å². The van der Waals surface area contributed by atoms with Crippen molar-refractivity contribution in [3.8, 4) is 6.07 Å². The third-order valence-corrected chi connectivity index (χ3v) is 2.59. The summed E-state index contributed by atoms with van der Waals surface area (Å²) in [5, 5.41) is 12.4. The number of aromatic nitrogens is 1. The van der Waals surface area contributed by atoms with Gasteiger partial charge in [-0.15, -0.1) is 11.3 Å². The van der Waals surface area contributed by atoms with Crippen LogP contribution < -0.4 is 5.32 Å². The summed E-state index contributed by atoms with van der Waals surface area (Å²) in [6.07, 6.45) is 1.85. The van der Waals surface area contributed by atoms with E-state index in [2.05, 4.69) is 10.3 Å². The first-order valence-electron chi connectivity index (χ1n) is 3.76. The minimum Gasteiger partial charge on any atom is -0.296 e. The van der Waals surface area contributed by atoms with Gasteiger partial charge in [0.15, 0.2) is 0 Å². The lowest BCUT2D eigenvalue weighted by atomic mass is 10.3. The Morgan fingerprint density at radius 1 is 1.83 bits per heavy atom. The molecule has 1 aromatic heterocycles. The Balaban J connectivity index is 2.54. The van der Waals surface area contributed by atoms with E-state index in [0.717, 1.165) is 5.01 Å². The lowest BCUT2D eigenvalue weighted by molar-refractivity contribution is 0.617. The summed E-state index contributed by atoms with van der Waals surface area (Å²) in [6, 6.07) is 2.22. The molecule has 0 spiro atoms. The van der Waals surface area contributed by atoms with Gasteiger partial charge in [0, 0.05) is 11.1 Å². The largest absolute Gasteiger partial charge is 0.296 e. The Morgan fingerprint density at radius 3 is 3.08 bits per heavy atom. The van der Waals surface area contributed by atoms with Gasteiger partial charge in [-0.05, 0) is 13.8 Å². The first kappa shape index (κ1) is 9.17. The molecule has 0 aliphatic heterocycles. The lowest BCUT2D eigenvalue weighted by Crippen LogP contribution is -2.18. The summed E-state index contributed by atoms with van der Waals surface area (Å²) >= 11 is 1.66. The number of hydrogen-bond donors (Lipinski definition) is 1. The van der Waals surface area contributed by atoms with Crippen molar-refractivity contribution in [2.45, 2.75) is 19.9 Å². The van der Waals surface area contributed by atoms with Gasteiger partial charge in [-0.2, -0.15) is 5.26 Å². The van der Waals surface area contributed by atoms with E-state index in [4.69, 9.17) is 5.26 Å². The fourth-order valence-corrected chi connectivity index (χ4v) is 1.66. The first-order chi connectivity index (χ1) is 5.74. The molecule has 1 N–H and O–H groups in total. The highest BCUT2D eigenvalue weighted by Crippen LogP contribution is 2.18. The minimum atomic E-state index is 0.184. The second-order valence-corrected chi connectivity index (χ2v) is 3.84. The van der Waals surface area contributed by atoms with Gasteiger partial charge in [0.05, 0.1) is 18.7 Å². The highest BCUT2D eigenvalue weighted by atomic mass is 32.1. The molecule has 1 heterocycles. The molecule has 0 aliphatic carbocycles. The van der Waals surface area contributed by atoms with Crippen LogP contribution in [0.3, 0.4) is 0 Å². The quantitative estimate of drug-likeness (QED) is 0.721. The second-order valence-electron chi connectivity index (χ2n) is 2.57. The molecule has 12 heavy (non-hydrogen) atoms. The highest BCUT2D eigenvalue weighted by Gasteiger charge is 2.07. The maximum absolute atomic E-state index is 8.34. The fourth-order valence-electron chi connectivity index (χ4n) is 0.858. The van der Waals surface area contributed by atoms with Gasteiger partial charge in [0.25, 0.3) is 0 Å². The van der Waals surface area contributed by atoms with Crippen molar-refractivity contribution < 1.29 is 0 Å². The standard InChI is InChI=1S/C8H11N3S/c1-6-5-11-8(12-6)7(2)10-4-3-9/h5,7,10H,4H2,1-2H3. The SMILES string of the molecule is Cc1cnc(C(C)NCC#N)s1. The average molecular weight is 181 g/mol. The Kier molecular flexibility index (Phi) is 3.20. The monoisotopic (exact) mass is 181 g/mol. The number of nitrogens with zero attached hydrogens (tertiary/aromatic N) is 2. The van der Waals surface area contributed by atoms with Gasteiger partial charge in [0.2, 0.25) is 0 Å². The molecule has 0 bridgehead atoms. The smallest absolute Gasteiger partial charge is 0.109 e. The Morgan fingerprint density at radius 2 is 2.58 bits per heavy atom. The van der Waals surface area contributed by atoms with Crippen molar-refractivity contribution in [3.63, 3.8) is 0 Å². The summed E-state index contributed by atoms with van der Waals surface area (Å²) < 4.78 is 0. The normalized spacial score (nSPS) is 12.4. The number of aryl methyl sites for hydroxylation is 1. The van der Waals surface area contributed by atoms with Crippen LogP contribution >= 0.6 is 11.3 Å². The molecule has 4 heteroatoms. The first-order valence-corrected chi connectivity index (χ1v) is 4.58. The Bertz CT molecular complexity index is 287. The predicted octanol–water partition coefficient (Wildman–Crippen LogP) is 1.63. The molecule has 0 amide bonds. The van der Waals surface area contributed by atoms with E-state index < -0.39 is 0 Å². The molecule has 0 saturated heterocycles. The molecule has 1 atom stereocenters. The highest BCUT2D eigenvalue weighted by molar-refractivity contribution is 7.11. The van der Waals surface area contributed by atoms with E-state index in [1.54, 1.807) is 11.3 Å². The Hall–Kier alpha value is -0.920. The second kappa shape index (κ2) is 4.19. The van der Waals surface area contributed by atoms with Gasteiger partial charge in [0.1, 0.15) is 5.01 Å². The molecule has 1 unspecified atom stereocenters. The van der Waals surface area contributed by atoms with E-state index in [1.165, 1.54) is 4.88 Å². The van der Waals surface area contributed by atoms with Crippen LogP contribution in [0.25, 0.3) is 0 Å². The topological polar surface area (TPSA) is 48.7 Å². The lowest BCUT2D eigenvalue weighted by Gasteiger charge is -2.06. The summed E-state index contributed by atoms with van der Waals surface area (Å²) in [4.78, 5) is 5.42. The van der Waals surface area contributed by atoms with E-state index >= 15 is 0 Å². The fraction of sp³-hybridized carbons (Fsp3) is 0.500. The van der Waals surface area contributed by atoms with Crippen molar-refractivity contribution in [1.29, 1.82) is 5.26 Å². The summed E-state index contributed by atoms with van der Waals surface area (Å²) in [5.74, 6) is 0. The van der Waals surface area contributed by atoms with Crippen LogP contribution in [0.2, 0.25) is 0 Å². The molecule has 0 aromatic carbocycles. The molecular weight excluding hydrogens is 170 g/mol. The minimum absolute atomic E-state index is 0.184. The number of nitriles is 1. The van der Waals surface area contributed by atoms with Crippen LogP contribution in [0.4, 0.5) is 0 Å². The van der Waals surface area contributed by atoms with E-state index in [1.807, 2.05) is 26.1 Å². The van der Waals surface area contributed by atoms with Crippen LogP contribution in [0, 0.1) is 18.3 Å². The van der Waals surface area contributed by atoms with E-state index in [9.17, 15) is 0 Å². The molecule has 64 valence electrons. The van der Waals surface area contributed by atoms with Crippen molar-refractivity contribution in [3.05, 3.63) is 16.1 Å². The summed E-state index contributed by atoms with van der Waals surface area (Å²) in [6.45, 7) is 4.41. The molecule has 0 radical (unpaired) electrons. The zero-order valence-corrected chi connectivity index (χ0v) is 7.98. The van der Waals surface area contributed by atoms with Crippen LogP contribution in [-0.4, -0.2) is 11.5 Å². The van der Waals surface area contributed by atoms with Crippen LogP contribution in [0.1, 0.15) is 22.9 Å². The zero-order chi connectivity index (χ0) is 8.97.